The Labute approximate surface area is 153 Å². The average Bonchev–Trinajstić information content (AvgIpc) is 3.09. The predicted octanol–water partition coefficient (Wildman–Crippen LogP) is 2.45. The molecular weight excluding hydrogens is 357 g/mol. The molecule has 2 aliphatic rings. The standard InChI is InChI=1S/C15H23N3O2S.2ClH/c16-13(11-3-7-20-8-4-11)15(19)18-6-1-2-12(10-18)14-17-5-9-21-14;;/h5,9,11-13H,1-4,6-8,10,16H2;2*1H. The second-order valence-corrected chi connectivity index (χ2v) is 6.90. The van der Waals surface area contributed by atoms with Crippen LogP contribution in [0.4, 0.5) is 0 Å². The zero-order valence-corrected chi connectivity index (χ0v) is 15.5. The van der Waals surface area contributed by atoms with Crippen LogP contribution in [0.3, 0.4) is 0 Å². The topological polar surface area (TPSA) is 68.5 Å². The van der Waals surface area contributed by atoms with Crippen LogP contribution < -0.4 is 5.73 Å². The average molecular weight is 382 g/mol. The maximum Gasteiger partial charge on any atom is 0.239 e. The zero-order chi connectivity index (χ0) is 14.7. The van der Waals surface area contributed by atoms with Crippen LogP contribution in [0.1, 0.15) is 36.6 Å². The minimum atomic E-state index is -0.371. The largest absolute Gasteiger partial charge is 0.381 e. The lowest BCUT2D eigenvalue weighted by atomic mass is 9.90. The van der Waals surface area contributed by atoms with Crippen molar-refractivity contribution >= 4 is 42.1 Å². The van der Waals surface area contributed by atoms with Gasteiger partial charge in [0.15, 0.2) is 0 Å². The summed E-state index contributed by atoms with van der Waals surface area (Å²) in [6.45, 7) is 3.06. The van der Waals surface area contributed by atoms with Crippen LogP contribution in [-0.4, -0.2) is 48.1 Å². The van der Waals surface area contributed by atoms with Crippen molar-refractivity contribution in [3.8, 4) is 0 Å². The van der Waals surface area contributed by atoms with Gasteiger partial charge in [-0.1, -0.05) is 0 Å². The van der Waals surface area contributed by atoms with E-state index in [4.69, 9.17) is 10.5 Å². The fourth-order valence-corrected chi connectivity index (χ4v) is 4.07. The van der Waals surface area contributed by atoms with Crippen molar-refractivity contribution < 1.29 is 9.53 Å². The molecule has 2 aliphatic heterocycles. The second kappa shape index (κ2) is 9.79. The van der Waals surface area contributed by atoms with Gasteiger partial charge in [0, 0.05) is 43.8 Å². The number of nitrogens with zero attached hydrogens (tertiary/aromatic N) is 2. The first-order valence-corrected chi connectivity index (χ1v) is 8.65. The van der Waals surface area contributed by atoms with Crippen LogP contribution in [0.5, 0.6) is 0 Å². The Morgan fingerprint density at radius 1 is 1.35 bits per heavy atom. The number of amides is 1. The van der Waals surface area contributed by atoms with Gasteiger partial charge in [-0.2, -0.15) is 0 Å². The Balaban J connectivity index is 0.00000132. The molecule has 0 saturated carbocycles. The monoisotopic (exact) mass is 381 g/mol. The van der Waals surface area contributed by atoms with E-state index in [0.29, 0.717) is 5.92 Å². The fourth-order valence-electron chi connectivity index (χ4n) is 3.30. The number of halogens is 2. The first-order chi connectivity index (χ1) is 10.3. The Hall–Kier alpha value is -0.400. The third kappa shape index (κ3) is 5.03. The minimum Gasteiger partial charge on any atom is -0.381 e. The first kappa shape index (κ1) is 20.6. The molecule has 1 aromatic rings. The number of hydrogen-bond acceptors (Lipinski definition) is 5. The summed E-state index contributed by atoms with van der Waals surface area (Å²) in [6, 6.07) is -0.371. The van der Waals surface area contributed by atoms with Gasteiger partial charge in [-0.25, -0.2) is 4.98 Å². The highest BCUT2D eigenvalue weighted by molar-refractivity contribution is 7.09. The quantitative estimate of drug-likeness (QED) is 0.872. The number of likely N-dealkylation sites (tertiary alicyclic amines) is 1. The molecule has 0 bridgehead atoms. The number of carbonyl (C=O) groups excluding carboxylic acids is 1. The molecule has 0 radical (unpaired) electrons. The van der Waals surface area contributed by atoms with Gasteiger partial charge < -0.3 is 15.4 Å². The molecule has 23 heavy (non-hydrogen) atoms. The molecule has 2 N–H and O–H groups in total. The van der Waals surface area contributed by atoms with Gasteiger partial charge in [-0.05, 0) is 31.6 Å². The van der Waals surface area contributed by atoms with Gasteiger partial charge in [-0.15, -0.1) is 36.2 Å². The summed E-state index contributed by atoms with van der Waals surface area (Å²) in [7, 11) is 0. The number of rotatable bonds is 3. The molecule has 3 rings (SSSR count). The predicted molar refractivity (Wildman–Crippen MR) is 96.7 cm³/mol. The van der Waals surface area contributed by atoms with E-state index < -0.39 is 0 Å². The van der Waals surface area contributed by atoms with Gasteiger partial charge in [0.2, 0.25) is 5.91 Å². The smallest absolute Gasteiger partial charge is 0.239 e. The highest BCUT2D eigenvalue weighted by Crippen LogP contribution is 2.29. The molecule has 0 spiro atoms. The van der Waals surface area contributed by atoms with Gasteiger partial charge >= 0.3 is 0 Å². The Morgan fingerprint density at radius 3 is 2.74 bits per heavy atom. The molecule has 2 fully saturated rings. The van der Waals surface area contributed by atoms with Crippen LogP contribution >= 0.6 is 36.2 Å². The number of piperidine rings is 1. The van der Waals surface area contributed by atoms with E-state index in [2.05, 4.69) is 4.98 Å². The van der Waals surface area contributed by atoms with Gasteiger partial charge in [0.05, 0.1) is 11.0 Å². The molecule has 1 aromatic heterocycles. The molecule has 1 amide bonds. The second-order valence-electron chi connectivity index (χ2n) is 5.97. The molecule has 3 heterocycles. The number of thiazole rings is 1. The lowest BCUT2D eigenvalue weighted by Crippen LogP contribution is -2.51. The Kier molecular flexibility index (Phi) is 8.79. The van der Waals surface area contributed by atoms with Gasteiger partial charge in [0.1, 0.15) is 0 Å². The first-order valence-electron chi connectivity index (χ1n) is 7.77. The SMILES string of the molecule is Cl.Cl.NC(C(=O)N1CCCC(c2nccs2)C1)C1CCOCC1. The van der Waals surface area contributed by atoms with E-state index in [9.17, 15) is 4.79 Å². The maximum atomic E-state index is 12.7. The summed E-state index contributed by atoms with van der Waals surface area (Å²) in [4.78, 5) is 19.0. The normalized spacial score (nSPS) is 23.5. The molecular formula is C15H25Cl2N3O2S. The molecule has 0 aromatic carbocycles. The number of ether oxygens (including phenoxy) is 1. The van der Waals surface area contributed by atoms with Crippen molar-refractivity contribution in [2.45, 2.75) is 37.6 Å². The van der Waals surface area contributed by atoms with Gasteiger partial charge in [-0.3, -0.25) is 4.79 Å². The highest BCUT2D eigenvalue weighted by Gasteiger charge is 2.33. The minimum absolute atomic E-state index is 0. The van der Waals surface area contributed by atoms with E-state index >= 15 is 0 Å². The van der Waals surface area contributed by atoms with E-state index in [1.807, 2.05) is 16.5 Å². The third-order valence-electron chi connectivity index (χ3n) is 4.59. The van der Waals surface area contributed by atoms with Crippen LogP contribution in [0.25, 0.3) is 0 Å². The van der Waals surface area contributed by atoms with E-state index in [-0.39, 0.29) is 42.7 Å². The van der Waals surface area contributed by atoms with Crippen molar-refractivity contribution in [3.63, 3.8) is 0 Å². The van der Waals surface area contributed by atoms with Crippen molar-refractivity contribution in [3.05, 3.63) is 16.6 Å². The van der Waals surface area contributed by atoms with Crippen LogP contribution in [0.2, 0.25) is 0 Å². The van der Waals surface area contributed by atoms with E-state index in [1.54, 1.807) is 11.3 Å². The van der Waals surface area contributed by atoms with Crippen LogP contribution in [0.15, 0.2) is 11.6 Å². The van der Waals surface area contributed by atoms with Crippen LogP contribution in [0, 0.1) is 5.92 Å². The van der Waals surface area contributed by atoms with Gasteiger partial charge in [0.25, 0.3) is 0 Å². The lowest BCUT2D eigenvalue weighted by molar-refractivity contribution is -0.136. The zero-order valence-electron chi connectivity index (χ0n) is 13.1. The maximum absolute atomic E-state index is 12.7. The number of hydrogen-bond donors (Lipinski definition) is 1. The number of aromatic nitrogens is 1. The van der Waals surface area contributed by atoms with Crippen molar-refractivity contribution in [1.29, 1.82) is 0 Å². The summed E-state index contributed by atoms with van der Waals surface area (Å²) < 4.78 is 5.35. The number of nitrogens with two attached hydrogens (primary N) is 1. The number of carbonyl (C=O) groups is 1. The molecule has 2 unspecified atom stereocenters. The Bertz CT molecular complexity index is 469. The summed E-state index contributed by atoms with van der Waals surface area (Å²) in [5.41, 5.74) is 6.23. The molecule has 2 saturated heterocycles. The van der Waals surface area contributed by atoms with Crippen molar-refractivity contribution in [1.82, 2.24) is 9.88 Å². The summed E-state index contributed by atoms with van der Waals surface area (Å²) in [5, 5.41) is 3.15. The Morgan fingerprint density at radius 2 is 2.09 bits per heavy atom. The highest BCUT2D eigenvalue weighted by atomic mass is 35.5. The summed E-state index contributed by atoms with van der Waals surface area (Å²) in [5.74, 6) is 0.763. The fraction of sp³-hybridized carbons (Fsp3) is 0.733. The molecule has 132 valence electrons. The molecule has 5 nitrogen and oxygen atoms in total. The van der Waals surface area contributed by atoms with Crippen molar-refractivity contribution in [2.75, 3.05) is 26.3 Å². The molecule has 8 heteroatoms. The third-order valence-corrected chi connectivity index (χ3v) is 5.53. The van der Waals surface area contributed by atoms with E-state index in [1.165, 1.54) is 0 Å². The summed E-state index contributed by atoms with van der Waals surface area (Å²) in [6.07, 6.45) is 5.79. The van der Waals surface area contributed by atoms with Crippen LogP contribution in [-0.2, 0) is 9.53 Å². The molecule has 0 aliphatic carbocycles. The van der Waals surface area contributed by atoms with E-state index in [0.717, 1.165) is 57.0 Å². The van der Waals surface area contributed by atoms with Crippen molar-refractivity contribution in [2.24, 2.45) is 11.7 Å². The summed E-state index contributed by atoms with van der Waals surface area (Å²) >= 11 is 1.68. The molecule has 2 atom stereocenters. The lowest BCUT2D eigenvalue weighted by Gasteiger charge is -2.36.